The quantitative estimate of drug-likeness (QED) is 0.543. The summed E-state index contributed by atoms with van der Waals surface area (Å²) in [6, 6.07) is 23.2. The van der Waals surface area contributed by atoms with Gasteiger partial charge in [0.05, 0.1) is 11.9 Å². The van der Waals surface area contributed by atoms with Crippen molar-refractivity contribution in [1.29, 1.82) is 10.5 Å². The van der Waals surface area contributed by atoms with Gasteiger partial charge in [0, 0.05) is 29.2 Å². The van der Waals surface area contributed by atoms with Gasteiger partial charge in [0.15, 0.2) is 5.65 Å². The Morgan fingerprint density at radius 2 is 1.75 bits per heavy atom. The SMILES string of the molecule is N#CC(C#N)=CNc1cccc(-c2ccnc3c(-c4ccccc4)cnn23)c1. The van der Waals surface area contributed by atoms with E-state index in [1.54, 1.807) is 6.20 Å². The van der Waals surface area contributed by atoms with Crippen molar-refractivity contribution in [3.63, 3.8) is 0 Å². The average molecular weight is 362 g/mol. The summed E-state index contributed by atoms with van der Waals surface area (Å²) in [5.41, 5.74) is 5.40. The molecule has 0 bridgehead atoms. The number of benzene rings is 2. The zero-order valence-corrected chi connectivity index (χ0v) is 14.7. The average Bonchev–Trinajstić information content (AvgIpc) is 3.19. The summed E-state index contributed by atoms with van der Waals surface area (Å²) < 4.78 is 1.81. The van der Waals surface area contributed by atoms with E-state index in [2.05, 4.69) is 15.4 Å². The molecule has 1 N–H and O–H groups in total. The molecule has 6 nitrogen and oxygen atoms in total. The molecule has 0 radical (unpaired) electrons. The van der Waals surface area contributed by atoms with Crippen LogP contribution in [0.2, 0.25) is 0 Å². The van der Waals surface area contributed by atoms with Crippen LogP contribution in [0.15, 0.2) is 84.8 Å². The van der Waals surface area contributed by atoms with Gasteiger partial charge in [0.1, 0.15) is 17.7 Å². The molecule has 0 unspecified atom stereocenters. The van der Waals surface area contributed by atoms with E-state index in [1.165, 1.54) is 6.20 Å². The normalized spacial score (nSPS) is 10.1. The summed E-state index contributed by atoms with van der Waals surface area (Å²) >= 11 is 0. The highest BCUT2D eigenvalue weighted by molar-refractivity contribution is 5.79. The predicted octanol–water partition coefficient (Wildman–Crippen LogP) is 4.41. The molecular formula is C22H14N6. The van der Waals surface area contributed by atoms with Gasteiger partial charge in [-0.15, -0.1) is 0 Å². The first-order valence-corrected chi connectivity index (χ1v) is 8.55. The van der Waals surface area contributed by atoms with E-state index in [1.807, 2.05) is 83.5 Å². The highest BCUT2D eigenvalue weighted by Gasteiger charge is 2.11. The smallest absolute Gasteiger partial charge is 0.163 e. The lowest BCUT2D eigenvalue weighted by molar-refractivity contribution is 0.948. The van der Waals surface area contributed by atoms with Gasteiger partial charge in [-0.25, -0.2) is 9.50 Å². The van der Waals surface area contributed by atoms with Crippen LogP contribution in [0, 0.1) is 22.7 Å². The summed E-state index contributed by atoms with van der Waals surface area (Å²) in [7, 11) is 0. The molecule has 0 aliphatic heterocycles. The largest absolute Gasteiger partial charge is 0.360 e. The summed E-state index contributed by atoms with van der Waals surface area (Å²) in [5, 5.41) is 25.2. The Morgan fingerprint density at radius 3 is 2.54 bits per heavy atom. The molecular weight excluding hydrogens is 348 g/mol. The topological polar surface area (TPSA) is 89.8 Å². The van der Waals surface area contributed by atoms with Crippen LogP contribution in [-0.4, -0.2) is 14.6 Å². The molecule has 0 amide bonds. The standard InChI is InChI=1S/C22H14N6/c23-12-16(13-24)14-26-19-8-4-7-18(11-19)21-9-10-25-22-20(15-27-28(21)22)17-5-2-1-3-6-17/h1-11,14-15,26H. The third-order valence-electron chi connectivity index (χ3n) is 4.27. The number of anilines is 1. The predicted molar refractivity (Wildman–Crippen MR) is 107 cm³/mol. The second-order valence-electron chi connectivity index (χ2n) is 6.00. The lowest BCUT2D eigenvalue weighted by Crippen LogP contribution is -1.97. The third kappa shape index (κ3) is 3.18. The molecule has 0 spiro atoms. The molecule has 0 atom stereocenters. The van der Waals surface area contributed by atoms with Gasteiger partial charge in [-0.1, -0.05) is 42.5 Å². The number of hydrogen-bond donors (Lipinski definition) is 1. The lowest BCUT2D eigenvalue weighted by atomic mass is 10.1. The fraction of sp³-hybridized carbons (Fsp3) is 0. The van der Waals surface area contributed by atoms with Crippen molar-refractivity contribution < 1.29 is 0 Å². The van der Waals surface area contributed by atoms with Crippen LogP contribution in [0.5, 0.6) is 0 Å². The maximum absolute atomic E-state index is 8.85. The van der Waals surface area contributed by atoms with Gasteiger partial charge in [-0.3, -0.25) is 0 Å². The zero-order valence-electron chi connectivity index (χ0n) is 14.7. The second kappa shape index (κ2) is 7.45. The summed E-state index contributed by atoms with van der Waals surface area (Å²) in [4.78, 5) is 4.51. The Morgan fingerprint density at radius 1 is 0.964 bits per heavy atom. The van der Waals surface area contributed by atoms with Crippen LogP contribution in [0.3, 0.4) is 0 Å². The van der Waals surface area contributed by atoms with Crippen molar-refractivity contribution >= 4 is 11.3 Å². The van der Waals surface area contributed by atoms with E-state index in [9.17, 15) is 0 Å². The number of nitriles is 2. The molecule has 0 saturated carbocycles. The van der Waals surface area contributed by atoms with Crippen molar-refractivity contribution in [1.82, 2.24) is 14.6 Å². The number of fused-ring (bicyclic) bond motifs is 1. The molecule has 4 aromatic rings. The van der Waals surface area contributed by atoms with E-state index in [-0.39, 0.29) is 5.57 Å². The van der Waals surface area contributed by atoms with Crippen LogP contribution < -0.4 is 5.32 Å². The maximum Gasteiger partial charge on any atom is 0.163 e. The molecule has 4 rings (SSSR count). The van der Waals surface area contributed by atoms with Gasteiger partial charge >= 0.3 is 0 Å². The van der Waals surface area contributed by atoms with Crippen molar-refractivity contribution in [3.8, 4) is 34.5 Å². The van der Waals surface area contributed by atoms with Crippen molar-refractivity contribution in [2.75, 3.05) is 5.32 Å². The molecule has 6 heteroatoms. The molecule has 0 fully saturated rings. The Labute approximate surface area is 161 Å². The molecule has 132 valence electrons. The van der Waals surface area contributed by atoms with Crippen LogP contribution in [0.1, 0.15) is 0 Å². The first-order chi connectivity index (χ1) is 13.8. The van der Waals surface area contributed by atoms with Gasteiger partial charge < -0.3 is 5.32 Å². The number of allylic oxidation sites excluding steroid dienone is 1. The highest BCUT2D eigenvalue weighted by atomic mass is 15.3. The Bertz CT molecular complexity index is 1240. The number of nitrogens with one attached hydrogen (secondary N) is 1. The van der Waals surface area contributed by atoms with Gasteiger partial charge in [0.25, 0.3) is 0 Å². The van der Waals surface area contributed by atoms with E-state index in [0.29, 0.717) is 0 Å². The molecule has 28 heavy (non-hydrogen) atoms. The van der Waals surface area contributed by atoms with E-state index in [0.717, 1.165) is 33.7 Å². The summed E-state index contributed by atoms with van der Waals surface area (Å²) in [6.45, 7) is 0. The minimum absolute atomic E-state index is 0.0104. The van der Waals surface area contributed by atoms with Crippen molar-refractivity contribution in [3.05, 3.63) is 84.8 Å². The maximum atomic E-state index is 8.85. The van der Waals surface area contributed by atoms with E-state index in [4.69, 9.17) is 10.5 Å². The van der Waals surface area contributed by atoms with Gasteiger partial charge in [-0.2, -0.15) is 15.6 Å². The minimum Gasteiger partial charge on any atom is -0.360 e. The molecule has 2 aromatic heterocycles. The van der Waals surface area contributed by atoms with E-state index < -0.39 is 0 Å². The highest BCUT2D eigenvalue weighted by Crippen LogP contribution is 2.28. The number of aromatic nitrogens is 3. The molecule has 2 aromatic carbocycles. The minimum atomic E-state index is 0.0104. The van der Waals surface area contributed by atoms with Gasteiger partial charge in [0.2, 0.25) is 0 Å². The Balaban J connectivity index is 1.76. The molecule has 0 aliphatic rings. The van der Waals surface area contributed by atoms with E-state index >= 15 is 0 Å². The number of nitrogens with zero attached hydrogens (tertiary/aromatic N) is 5. The summed E-state index contributed by atoms with van der Waals surface area (Å²) in [6.07, 6.45) is 4.98. The molecule has 2 heterocycles. The van der Waals surface area contributed by atoms with Gasteiger partial charge in [-0.05, 0) is 23.8 Å². The Kier molecular flexibility index (Phi) is 4.53. The Hall–Kier alpha value is -4.42. The first-order valence-electron chi connectivity index (χ1n) is 8.55. The zero-order chi connectivity index (χ0) is 19.3. The molecule has 0 aliphatic carbocycles. The monoisotopic (exact) mass is 362 g/mol. The second-order valence-corrected chi connectivity index (χ2v) is 6.00. The van der Waals surface area contributed by atoms with Crippen molar-refractivity contribution in [2.45, 2.75) is 0 Å². The van der Waals surface area contributed by atoms with Crippen LogP contribution in [-0.2, 0) is 0 Å². The fourth-order valence-electron chi connectivity index (χ4n) is 2.94. The van der Waals surface area contributed by atoms with Crippen LogP contribution in [0.4, 0.5) is 5.69 Å². The van der Waals surface area contributed by atoms with Crippen LogP contribution >= 0.6 is 0 Å². The third-order valence-corrected chi connectivity index (χ3v) is 4.27. The first kappa shape index (κ1) is 17.0. The number of rotatable bonds is 4. The fourth-order valence-corrected chi connectivity index (χ4v) is 2.94. The van der Waals surface area contributed by atoms with Crippen LogP contribution in [0.25, 0.3) is 28.0 Å². The lowest BCUT2D eigenvalue weighted by Gasteiger charge is -2.08. The molecule has 0 saturated heterocycles. The number of hydrogen-bond acceptors (Lipinski definition) is 5. The van der Waals surface area contributed by atoms with Crippen molar-refractivity contribution in [2.24, 2.45) is 0 Å². The summed E-state index contributed by atoms with van der Waals surface area (Å²) in [5.74, 6) is 0.